The van der Waals surface area contributed by atoms with Gasteiger partial charge in [-0.1, -0.05) is 12.1 Å². The summed E-state index contributed by atoms with van der Waals surface area (Å²) in [6.45, 7) is 3.14. The van der Waals surface area contributed by atoms with Gasteiger partial charge in [-0.2, -0.15) is 0 Å². The molecule has 2 aliphatic heterocycles. The zero-order valence-corrected chi connectivity index (χ0v) is 15.6. The van der Waals surface area contributed by atoms with Crippen LogP contribution in [-0.4, -0.2) is 33.8 Å². The first-order valence-corrected chi connectivity index (χ1v) is 9.67. The first-order chi connectivity index (χ1) is 13.0. The minimum absolute atomic E-state index is 0.215. The minimum Gasteiger partial charge on any atom is -0.508 e. The monoisotopic (exact) mass is 371 g/mol. The molecule has 2 unspecified atom stereocenters. The molecule has 0 amide bonds. The normalized spacial score (nSPS) is 27.7. The van der Waals surface area contributed by atoms with E-state index in [2.05, 4.69) is 4.90 Å². The van der Waals surface area contributed by atoms with Gasteiger partial charge >= 0.3 is 0 Å². The van der Waals surface area contributed by atoms with Crippen LogP contribution in [0.4, 0.5) is 4.39 Å². The van der Waals surface area contributed by atoms with Crippen LogP contribution in [0, 0.1) is 5.82 Å². The second-order valence-electron chi connectivity index (χ2n) is 7.73. The lowest BCUT2D eigenvalue weighted by Crippen LogP contribution is -2.49. The number of nitrogens with zero attached hydrogens (tertiary/aromatic N) is 1. The number of hydrogen-bond donors (Lipinski definition) is 2. The zero-order chi connectivity index (χ0) is 19.0. The molecule has 0 aromatic heterocycles. The van der Waals surface area contributed by atoms with Gasteiger partial charge in [0.15, 0.2) is 0 Å². The van der Waals surface area contributed by atoms with Crippen molar-refractivity contribution in [2.75, 3.05) is 6.61 Å². The summed E-state index contributed by atoms with van der Waals surface area (Å²) in [5.41, 5.74) is 0.522. The Morgan fingerprint density at radius 2 is 1.89 bits per heavy atom. The standard InChI is InChI=1S/C22H26FNO3/c1-2-27-20-8-9-21(25)15(10-20)14-24-18-6-7-19(24)13-22(26,12-18)16-4-3-5-17(23)11-16/h3-5,8-11,18-19,25-26H,2,6-7,12-14H2,1H3. The van der Waals surface area contributed by atoms with Crippen molar-refractivity contribution in [2.45, 2.75) is 56.8 Å². The highest BCUT2D eigenvalue weighted by Crippen LogP contribution is 2.46. The molecule has 0 radical (unpaired) electrons. The first-order valence-electron chi connectivity index (χ1n) is 9.67. The van der Waals surface area contributed by atoms with Crippen LogP contribution >= 0.6 is 0 Å². The summed E-state index contributed by atoms with van der Waals surface area (Å²) >= 11 is 0. The number of fused-ring (bicyclic) bond motifs is 2. The number of ether oxygens (including phenoxy) is 1. The second-order valence-corrected chi connectivity index (χ2v) is 7.73. The van der Waals surface area contributed by atoms with Crippen LogP contribution in [0.25, 0.3) is 0 Å². The molecule has 2 aromatic carbocycles. The molecular weight excluding hydrogens is 345 g/mol. The molecule has 0 saturated carbocycles. The van der Waals surface area contributed by atoms with Crippen LogP contribution in [0.1, 0.15) is 43.7 Å². The molecule has 2 bridgehead atoms. The maximum absolute atomic E-state index is 13.7. The van der Waals surface area contributed by atoms with Crippen LogP contribution in [-0.2, 0) is 12.1 Å². The number of halogens is 1. The predicted octanol–water partition coefficient (Wildman–Crippen LogP) is 3.94. The third-order valence-corrected chi connectivity index (χ3v) is 5.99. The van der Waals surface area contributed by atoms with Crippen LogP contribution in [0.5, 0.6) is 11.5 Å². The Kier molecular flexibility index (Phi) is 4.82. The SMILES string of the molecule is CCOc1ccc(O)c(CN2C3CCC2CC(O)(c2cccc(F)c2)C3)c1. The highest BCUT2D eigenvalue weighted by molar-refractivity contribution is 5.39. The number of aliphatic hydroxyl groups is 1. The van der Waals surface area contributed by atoms with E-state index in [0.717, 1.165) is 24.2 Å². The lowest BCUT2D eigenvalue weighted by atomic mass is 9.80. The third kappa shape index (κ3) is 3.54. The van der Waals surface area contributed by atoms with Crippen molar-refractivity contribution in [3.8, 4) is 11.5 Å². The van der Waals surface area contributed by atoms with Gasteiger partial charge in [0, 0.05) is 24.2 Å². The highest BCUT2D eigenvalue weighted by Gasteiger charge is 2.48. The van der Waals surface area contributed by atoms with Crippen LogP contribution < -0.4 is 4.74 Å². The van der Waals surface area contributed by atoms with E-state index >= 15 is 0 Å². The van der Waals surface area contributed by atoms with Crippen LogP contribution in [0.15, 0.2) is 42.5 Å². The molecule has 2 saturated heterocycles. The Morgan fingerprint density at radius 1 is 1.15 bits per heavy atom. The molecule has 27 heavy (non-hydrogen) atoms. The fourth-order valence-electron chi connectivity index (χ4n) is 4.73. The Bertz CT molecular complexity index is 811. The van der Waals surface area contributed by atoms with Crippen LogP contribution in [0.3, 0.4) is 0 Å². The van der Waals surface area contributed by atoms with Gasteiger partial charge in [0.05, 0.1) is 12.2 Å². The Labute approximate surface area is 159 Å². The van der Waals surface area contributed by atoms with Gasteiger partial charge in [-0.05, 0) is 68.5 Å². The van der Waals surface area contributed by atoms with E-state index in [4.69, 9.17) is 4.74 Å². The van der Waals surface area contributed by atoms with Gasteiger partial charge in [-0.15, -0.1) is 0 Å². The third-order valence-electron chi connectivity index (χ3n) is 5.99. The summed E-state index contributed by atoms with van der Waals surface area (Å²) in [5, 5.41) is 21.5. The number of piperidine rings is 1. The summed E-state index contributed by atoms with van der Waals surface area (Å²) in [4.78, 5) is 2.37. The van der Waals surface area contributed by atoms with E-state index in [-0.39, 0.29) is 23.7 Å². The lowest BCUT2D eigenvalue weighted by Gasteiger charge is -2.44. The summed E-state index contributed by atoms with van der Waals surface area (Å²) in [6, 6.07) is 12.1. The molecule has 2 atom stereocenters. The van der Waals surface area contributed by atoms with Crippen molar-refractivity contribution in [3.63, 3.8) is 0 Å². The fraction of sp³-hybridized carbons (Fsp3) is 0.455. The Balaban J connectivity index is 1.54. The van der Waals surface area contributed by atoms with E-state index in [1.807, 2.05) is 19.1 Å². The second kappa shape index (κ2) is 7.13. The quantitative estimate of drug-likeness (QED) is 0.836. The van der Waals surface area contributed by atoms with Gasteiger partial charge < -0.3 is 14.9 Å². The van der Waals surface area contributed by atoms with Crippen molar-refractivity contribution in [2.24, 2.45) is 0 Å². The number of benzene rings is 2. The van der Waals surface area contributed by atoms with Crippen molar-refractivity contribution in [3.05, 3.63) is 59.4 Å². The maximum Gasteiger partial charge on any atom is 0.123 e. The van der Waals surface area contributed by atoms with E-state index < -0.39 is 5.60 Å². The number of phenols is 1. The molecular formula is C22H26FNO3. The molecule has 2 aliphatic rings. The summed E-state index contributed by atoms with van der Waals surface area (Å²) in [6.07, 6.45) is 3.18. The molecule has 4 rings (SSSR count). The van der Waals surface area contributed by atoms with Gasteiger partial charge in [-0.3, -0.25) is 4.90 Å². The molecule has 2 fully saturated rings. The average Bonchev–Trinajstić information content (AvgIpc) is 2.88. The molecule has 4 nitrogen and oxygen atoms in total. The maximum atomic E-state index is 13.7. The summed E-state index contributed by atoms with van der Waals surface area (Å²) < 4.78 is 19.2. The molecule has 0 aliphatic carbocycles. The number of hydrogen-bond acceptors (Lipinski definition) is 4. The van der Waals surface area contributed by atoms with Crippen molar-refractivity contribution in [1.29, 1.82) is 0 Å². The first kappa shape index (κ1) is 18.3. The summed E-state index contributed by atoms with van der Waals surface area (Å²) in [7, 11) is 0. The fourth-order valence-corrected chi connectivity index (χ4v) is 4.73. The van der Waals surface area contributed by atoms with Crippen molar-refractivity contribution < 1.29 is 19.3 Å². The Hall–Kier alpha value is -2.11. The van der Waals surface area contributed by atoms with E-state index in [9.17, 15) is 14.6 Å². The van der Waals surface area contributed by atoms with E-state index in [1.165, 1.54) is 12.1 Å². The molecule has 144 valence electrons. The molecule has 2 heterocycles. The van der Waals surface area contributed by atoms with Crippen molar-refractivity contribution in [1.82, 2.24) is 4.90 Å². The molecule has 2 N–H and O–H groups in total. The van der Waals surface area contributed by atoms with Gasteiger partial charge in [-0.25, -0.2) is 4.39 Å². The lowest BCUT2D eigenvalue weighted by molar-refractivity contribution is -0.0598. The zero-order valence-electron chi connectivity index (χ0n) is 15.6. The average molecular weight is 371 g/mol. The van der Waals surface area contributed by atoms with E-state index in [1.54, 1.807) is 18.2 Å². The Morgan fingerprint density at radius 3 is 2.56 bits per heavy atom. The summed E-state index contributed by atoms with van der Waals surface area (Å²) in [5.74, 6) is 0.711. The number of aromatic hydroxyl groups is 1. The minimum atomic E-state index is -0.986. The smallest absolute Gasteiger partial charge is 0.123 e. The van der Waals surface area contributed by atoms with Gasteiger partial charge in [0.2, 0.25) is 0 Å². The topological polar surface area (TPSA) is 52.9 Å². The number of phenolic OH excluding ortho intramolecular Hbond substituents is 1. The highest BCUT2D eigenvalue weighted by atomic mass is 19.1. The van der Waals surface area contributed by atoms with Gasteiger partial charge in [0.1, 0.15) is 17.3 Å². The number of rotatable bonds is 5. The largest absolute Gasteiger partial charge is 0.508 e. The predicted molar refractivity (Wildman–Crippen MR) is 101 cm³/mol. The van der Waals surface area contributed by atoms with Crippen LogP contribution in [0.2, 0.25) is 0 Å². The molecule has 2 aromatic rings. The van der Waals surface area contributed by atoms with E-state index in [0.29, 0.717) is 31.6 Å². The van der Waals surface area contributed by atoms with Gasteiger partial charge in [0.25, 0.3) is 0 Å². The molecule has 5 heteroatoms. The van der Waals surface area contributed by atoms with Crippen molar-refractivity contribution >= 4 is 0 Å². The molecule has 0 spiro atoms.